The molecule has 2 N–H and O–H groups in total. The van der Waals surface area contributed by atoms with Gasteiger partial charge in [-0.25, -0.2) is 0 Å². The number of hydrogen-bond donors (Lipinski definition) is 2. The molecule has 0 saturated heterocycles. The Morgan fingerprint density at radius 1 is 1.09 bits per heavy atom. The number of rotatable bonds is 3. The second-order valence-electron chi connectivity index (χ2n) is 5.04. The summed E-state index contributed by atoms with van der Waals surface area (Å²) in [7, 11) is 0. The number of hydrogen-bond acceptors (Lipinski definition) is 2. The van der Waals surface area contributed by atoms with E-state index in [9.17, 15) is 4.79 Å². The molecule has 0 unspecified atom stereocenters. The average Bonchev–Trinajstić information content (AvgIpc) is 2.89. The predicted octanol–water partition coefficient (Wildman–Crippen LogP) is 4.94. The molecule has 0 aliphatic heterocycles. The zero-order valence-corrected chi connectivity index (χ0v) is 13.7. The van der Waals surface area contributed by atoms with Crippen molar-refractivity contribution in [2.45, 2.75) is 6.92 Å². The normalized spacial score (nSPS) is 10.6. The Kier molecular flexibility index (Phi) is 4.37. The second kappa shape index (κ2) is 6.44. The molecular formula is C17H13Cl2N3O. The Bertz CT molecular complexity index is 857. The molecule has 3 aromatic rings. The molecule has 0 aliphatic rings. The van der Waals surface area contributed by atoms with Crippen molar-refractivity contribution >= 4 is 34.8 Å². The van der Waals surface area contributed by atoms with Gasteiger partial charge < -0.3 is 5.32 Å². The molecule has 1 amide bonds. The molecule has 23 heavy (non-hydrogen) atoms. The van der Waals surface area contributed by atoms with Crippen LogP contribution in [0.2, 0.25) is 10.0 Å². The number of carbonyl (C=O) groups is 1. The zero-order valence-electron chi connectivity index (χ0n) is 12.2. The van der Waals surface area contributed by atoms with Gasteiger partial charge in [0.2, 0.25) is 0 Å². The third-order valence-electron chi connectivity index (χ3n) is 3.39. The van der Waals surface area contributed by atoms with Crippen LogP contribution in [-0.4, -0.2) is 16.1 Å². The molecule has 4 nitrogen and oxygen atoms in total. The minimum absolute atomic E-state index is 0.243. The van der Waals surface area contributed by atoms with Gasteiger partial charge in [-0.2, -0.15) is 5.10 Å². The molecule has 0 atom stereocenters. The van der Waals surface area contributed by atoms with E-state index in [4.69, 9.17) is 23.2 Å². The number of nitrogens with one attached hydrogen (secondary N) is 2. The standard InChI is InChI=1S/C17H13Cl2N3O/c1-10-15(20-17(23)12-3-2-4-14(19)9-12)16(22-21-10)11-5-7-13(18)8-6-11/h2-9H,1H3,(H,20,23)(H,21,22). The van der Waals surface area contributed by atoms with E-state index in [0.29, 0.717) is 27.0 Å². The molecule has 0 bridgehead atoms. The number of carbonyl (C=O) groups excluding carboxylic acids is 1. The highest BCUT2D eigenvalue weighted by atomic mass is 35.5. The highest BCUT2D eigenvalue weighted by Gasteiger charge is 2.16. The number of aromatic nitrogens is 2. The van der Waals surface area contributed by atoms with E-state index in [-0.39, 0.29) is 5.91 Å². The second-order valence-corrected chi connectivity index (χ2v) is 5.92. The largest absolute Gasteiger partial charge is 0.319 e. The van der Waals surface area contributed by atoms with E-state index in [0.717, 1.165) is 11.3 Å². The van der Waals surface area contributed by atoms with E-state index < -0.39 is 0 Å². The highest BCUT2D eigenvalue weighted by Crippen LogP contribution is 2.29. The Morgan fingerprint density at radius 2 is 1.83 bits per heavy atom. The fraction of sp³-hybridized carbons (Fsp3) is 0.0588. The van der Waals surface area contributed by atoms with Crippen LogP contribution < -0.4 is 5.32 Å². The summed E-state index contributed by atoms with van der Waals surface area (Å²) >= 11 is 11.8. The van der Waals surface area contributed by atoms with Crippen molar-refractivity contribution < 1.29 is 4.79 Å². The van der Waals surface area contributed by atoms with Gasteiger partial charge in [0.15, 0.2) is 0 Å². The first-order chi connectivity index (χ1) is 11.0. The summed E-state index contributed by atoms with van der Waals surface area (Å²) in [6.07, 6.45) is 0. The van der Waals surface area contributed by atoms with Gasteiger partial charge in [0.05, 0.1) is 11.4 Å². The van der Waals surface area contributed by atoms with Crippen LogP contribution in [0.15, 0.2) is 48.5 Å². The molecule has 0 fully saturated rings. The number of amides is 1. The van der Waals surface area contributed by atoms with Gasteiger partial charge in [0, 0.05) is 21.2 Å². The van der Waals surface area contributed by atoms with Gasteiger partial charge in [-0.05, 0) is 37.3 Å². The maximum atomic E-state index is 12.4. The molecule has 0 radical (unpaired) electrons. The minimum Gasteiger partial charge on any atom is -0.319 e. The number of nitrogens with zero attached hydrogens (tertiary/aromatic N) is 1. The van der Waals surface area contributed by atoms with Crippen molar-refractivity contribution in [2.24, 2.45) is 0 Å². The summed E-state index contributed by atoms with van der Waals surface area (Å²) in [4.78, 5) is 12.4. The molecule has 6 heteroatoms. The van der Waals surface area contributed by atoms with Gasteiger partial charge in [0.1, 0.15) is 5.69 Å². The van der Waals surface area contributed by atoms with E-state index in [1.807, 2.05) is 19.1 Å². The lowest BCUT2D eigenvalue weighted by molar-refractivity contribution is 0.102. The van der Waals surface area contributed by atoms with Crippen LogP contribution in [0, 0.1) is 6.92 Å². The first-order valence-corrected chi connectivity index (χ1v) is 7.68. The first-order valence-electron chi connectivity index (χ1n) is 6.92. The molecule has 0 spiro atoms. The van der Waals surface area contributed by atoms with Crippen LogP contribution in [0.25, 0.3) is 11.3 Å². The number of aryl methyl sites for hydroxylation is 1. The number of benzene rings is 2. The Labute approximate surface area is 143 Å². The maximum Gasteiger partial charge on any atom is 0.255 e. The van der Waals surface area contributed by atoms with Crippen molar-refractivity contribution in [2.75, 3.05) is 5.32 Å². The molecule has 1 heterocycles. The summed E-state index contributed by atoms with van der Waals surface area (Å²) in [6, 6.07) is 14.1. The topological polar surface area (TPSA) is 57.8 Å². The van der Waals surface area contributed by atoms with Crippen molar-refractivity contribution in [1.82, 2.24) is 10.2 Å². The highest BCUT2D eigenvalue weighted by molar-refractivity contribution is 6.31. The van der Waals surface area contributed by atoms with Crippen LogP contribution in [0.3, 0.4) is 0 Å². The predicted molar refractivity (Wildman–Crippen MR) is 93.2 cm³/mol. The minimum atomic E-state index is -0.243. The summed E-state index contributed by atoms with van der Waals surface area (Å²) in [5.74, 6) is -0.243. The summed E-state index contributed by atoms with van der Waals surface area (Å²) in [5, 5.41) is 11.2. The molecule has 0 saturated carbocycles. The molecule has 2 aromatic carbocycles. The number of anilines is 1. The lowest BCUT2D eigenvalue weighted by Gasteiger charge is -2.07. The molecule has 3 rings (SSSR count). The van der Waals surface area contributed by atoms with Crippen LogP contribution >= 0.6 is 23.2 Å². The fourth-order valence-electron chi connectivity index (χ4n) is 2.21. The molecule has 1 aromatic heterocycles. The van der Waals surface area contributed by atoms with E-state index >= 15 is 0 Å². The number of halogens is 2. The van der Waals surface area contributed by atoms with Gasteiger partial charge in [-0.15, -0.1) is 0 Å². The van der Waals surface area contributed by atoms with E-state index in [2.05, 4.69) is 15.5 Å². The lowest BCUT2D eigenvalue weighted by Crippen LogP contribution is -2.12. The molecular weight excluding hydrogens is 333 g/mol. The van der Waals surface area contributed by atoms with Gasteiger partial charge in [0.25, 0.3) is 5.91 Å². The Balaban J connectivity index is 1.93. The Morgan fingerprint density at radius 3 is 2.52 bits per heavy atom. The van der Waals surface area contributed by atoms with Crippen LogP contribution in [0.1, 0.15) is 16.1 Å². The summed E-state index contributed by atoms with van der Waals surface area (Å²) in [6.45, 7) is 1.85. The van der Waals surface area contributed by atoms with Crippen molar-refractivity contribution in [3.8, 4) is 11.3 Å². The third-order valence-corrected chi connectivity index (χ3v) is 3.88. The zero-order chi connectivity index (χ0) is 16.4. The van der Waals surface area contributed by atoms with Crippen molar-refractivity contribution in [3.05, 3.63) is 69.8 Å². The van der Waals surface area contributed by atoms with Crippen LogP contribution in [0.4, 0.5) is 5.69 Å². The maximum absolute atomic E-state index is 12.4. The van der Waals surface area contributed by atoms with Crippen LogP contribution in [-0.2, 0) is 0 Å². The smallest absolute Gasteiger partial charge is 0.255 e. The average molecular weight is 346 g/mol. The third kappa shape index (κ3) is 3.38. The van der Waals surface area contributed by atoms with Crippen molar-refractivity contribution in [1.29, 1.82) is 0 Å². The first kappa shape index (κ1) is 15.6. The van der Waals surface area contributed by atoms with E-state index in [1.165, 1.54) is 0 Å². The molecule has 116 valence electrons. The van der Waals surface area contributed by atoms with Gasteiger partial charge in [-0.1, -0.05) is 41.4 Å². The van der Waals surface area contributed by atoms with Crippen LogP contribution in [0.5, 0.6) is 0 Å². The summed E-state index contributed by atoms with van der Waals surface area (Å²) in [5.41, 5.74) is 3.41. The van der Waals surface area contributed by atoms with E-state index in [1.54, 1.807) is 36.4 Å². The quantitative estimate of drug-likeness (QED) is 0.705. The molecule has 0 aliphatic carbocycles. The number of aromatic amines is 1. The van der Waals surface area contributed by atoms with Gasteiger partial charge in [-0.3, -0.25) is 9.89 Å². The van der Waals surface area contributed by atoms with Crippen molar-refractivity contribution in [3.63, 3.8) is 0 Å². The monoisotopic (exact) mass is 345 g/mol. The SMILES string of the molecule is Cc1[nH]nc(-c2ccc(Cl)cc2)c1NC(=O)c1cccc(Cl)c1. The lowest BCUT2D eigenvalue weighted by atomic mass is 10.1. The number of H-pyrrole nitrogens is 1. The summed E-state index contributed by atoms with van der Waals surface area (Å²) < 4.78 is 0. The Hall–Kier alpha value is -2.30. The van der Waals surface area contributed by atoms with Gasteiger partial charge >= 0.3 is 0 Å². The fourth-order valence-corrected chi connectivity index (χ4v) is 2.53.